The second kappa shape index (κ2) is 7.53. The molecular weight excluding hydrogens is 248 g/mol. The van der Waals surface area contributed by atoms with Crippen molar-refractivity contribution in [2.24, 2.45) is 0 Å². The van der Waals surface area contributed by atoms with Crippen molar-refractivity contribution in [3.63, 3.8) is 0 Å². The van der Waals surface area contributed by atoms with E-state index in [9.17, 15) is 0 Å². The minimum Gasteiger partial charge on any atom is -0.488 e. The second-order valence-electron chi connectivity index (χ2n) is 5.62. The highest BCUT2D eigenvalue weighted by Gasteiger charge is 2.16. The van der Waals surface area contributed by atoms with Crippen LogP contribution < -0.4 is 15.0 Å². The molecule has 0 saturated carbocycles. The summed E-state index contributed by atoms with van der Waals surface area (Å²) in [7, 11) is 0. The Kier molecular flexibility index (Phi) is 5.72. The summed E-state index contributed by atoms with van der Waals surface area (Å²) in [6.45, 7) is 10.9. The molecule has 0 radical (unpaired) electrons. The van der Waals surface area contributed by atoms with E-state index < -0.39 is 0 Å². The molecule has 0 bridgehead atoms. The van der Waals surface area contributed by atoms with Crippen molar-refractivity contribution in [1.82, 2.24) is 5.32 Å². The van der Waals surface area contributed by atoms with Crippen molar-refractivity contribution < 1.29 is 4.74 Å². The molecular formula is C17H28N2O. The van der Waals surface area contributed by atoms with Gasteiger partial charge in [0.25, 0.3) is 0 Å². The second-order valence-corrected chi connectivity index (χ2v) is 5.62. The summed E-state index contributed by atoms with van der Waals surface area (Å²) < 4.78 is 6.23. The number of ether oxygens (including phenoxy) is 1. The van der Waals surface area contributed by atoms with Gasteiger partial charge in [-0.05, 0) is 50.4 Å². The molecule has 112 valence electrons. The molecule has 1 fully saturated rings. The average molecular weight is 276 g/mol. The number of aryl methyl sites for hydroxylation is 1. The molecule has 2 rings (SSSR count). The zero-order chi connectivity index (χ0) is 14.4. The van der Waals surface area contributed by atoms with Gasteiger partial charge in [0.15, 0.2) is 0 Å². The molecule has 0 amide bonds. The van der Waals surface area contributed by atoms with Crippen LogP contribution in [0.1, 0.15) is 38.7 Å². The first-order chi connectivity index (χ1) is 9.74. The smallest absolute Gasteiger partial charge is 0.143 e. The Balaban J connectivity index is 2.22. The lowest BCUT2D eigenvalue weighted by atomic mass is 10.1. The molecule has 1 aromatic carbocycles. The normalized spacial score (nSPS) is 16.3. The highest BCUT2D eigenvalue weighted by molar-refractivity contribution is 5.60. The van der Waals surface area contributed by atoms with Gasteiger partial charge in [0.05, 0.1) is 11.8 Å². The van der Waals surface area contributed by atoms with E-state index in [4.69, 9.17) is 4.74 Å². The van der Waals surface area contributed by atoms with Gasteiger partial charge in [0.1, 0.15) is 5.75 Å². The highest BCUT2D eigenvalue weighted by atomic mass is 16.5. The van der Waals surface area contributed by atoms with E-state index in [0.717, 1.165) is 44.8 Å². The quantitative estimate of drug-likeness (QED) is 0.892. The topological polar surface area (TPSA) is 24.5 Å². The minimum atomic E-state index is 0.321. The summed E-state index contributed by atoms with van der Waals surface area (Å²) in [6.07, 6.45) is 3.64. The third kappa shape index (κ3) is 3.89. The fourth-order valence-electron chi connectivity index (χ4n) is 2.70. The lowest BCUT2D eigenvalue weighted by molar-refractivity contribution is 0.193. The van der Waals surface area contributed by atoms with Crippen LogP contribution in [0.25, 0.3) is 0 Å². The molecule has 3 heteroatoms. The molecule has 0 atom stereocenters. The van der Waals surface area contributed by atoms with Crippen molar-refractivity contribution in [2.45, 2.75) is 46.1 Å². The Labute approximate surface area is 123 Å². The van der Waals surface area contributed by atoms with Gasteiger partial charge < -0.3 is 15.0 Å². The first-order valence-corrected chi connectivity index (χ1v) is 7.97. The summed E-state index contributed by atoms with van der Waals surface area (Å²) in [6, 6.07) is 6.56. The van der Waals surface area contributed by atoms with E-state index in [1.54, 1.807) is 0 Å². The first kappa shape index (κ1) is 15.2. The summed E-state index contributed by atoms with van der Waals surface area (Å²) in [5.74, 6) is 1.05. The van der Waals surface area contributed by atoms with E-state index in [1.807, 2.05) is 0 Å². The maximum atomic E-state index is 6.23. The number of benzene rings is 1. The van der Waals surface area contributed by atoms with Crippen LogP contribution in [-0.2, 0) is 0 Å². The summed E-state index contributed by atoms with van der Waals surface area (Å²) in [4.78, 5) is 2.46. The van der Waals surface area contributed by atoms with Gasteiger partial charge in [0, 0.05) is 19.6 Å². The molecule has 1 aliphatic heterocycles. The zero-order valence-corrected chi connectivity index (χ0v) is 13.1. The van der Waals surface area contributed by atoms with Crippen LogP contribution in [0.15, 0.2) is 18.2 Å². The van der Waals surface area contributed by atoms with Crippen LogP contribution in [0.3, 0.4) is 0 Å². The third-order valence-electron chi connectivity index (χ3n) is 4.00. The van der Waals surface area contributed by atoms with Crippen LogP contribution >= 0.6 is 0 Å². The zero-order valence-electron chi connectivity index (χ0n) is 13.1. The number of hydrogen-bond acceptors (Lipinski definition) is 3. The van der Waals surface area contributed by atoms with E-state index in [-0.39, 0.29) is 0 Å². The molecule has 20 heavy (non-hydrogen) atoms. The van der Waals surface area contributed by atoms with Gasteiger partial charge in [-0.15, -0.1) is 0 Å². The third-order valence-corrected chi connectivity index (χ3v) is 4.00. The Morgan fingerprint density at radius 3 is 2.75 bits per heavy atom. The Hall–Kier alpha value is -1.22. The lowest BCUT2D eigenvalue weighted by Crippen LogP contribution is -2.28. The fourth-order valence-corrected chi connectivity index (χ4v) is 2.70. The van der Waals surface area contributed by atoms with Gasteiger partial charge in [-0.1, -0.05) is 19.9 Å². The van der Waals surface area contributed by atoms with E-state index in [2.05, 4.69) is 49.2 Å². The first-order valence-electron chi connectivity index (χ1n) is 7.97. The van der Waals surface area contributed by atoms with E-state index >= 15 is 0 Å². The van der Waals surface area contributed by atoms with Crippen LogP contribution in [0, 0.1) is 6.92 Å². The molecule has 0 unspecified atom stereocenters. The molecule has 1 saturated heterocycles. The van der Waals surface area contributed by atoms with Crippen molar-refractivity contribution in [3.8, 4) is 5.75 Å². The van der Waals surface area contributed by atoms with Gasteiger partial charge in [-0.2, -0.15) is 0 Å². The number of hydrogen-bond donors (Lipinski definition) is 1. The van der Waals surface area contributed by atoms with Gasteiger partial charge in [0.2, 0.25) is 0 Å². The molecule has 1 aromatic rings. The maximum absolute atomic E-state index is 6.23. The average Bonchev–Trinajstić information content (AvgIpc) is 2.75. The van der Waals surface area contributed by atoms with E-state index in [0.29, 0.717) is 6.10 Å². The monoisotopic (exact) mass is 276 g/mol. The fraction of sp³-hybridized carbons (Fsp3) is 0.647. The van der Waals surface area contributed by atoms with Gasteiger partial charge >= 0.3 is 0 Å². The van der Waals surface area contributed by atoms with Crippen LogP contribution in [-0.4, -0.2) is 32.3 Å². The Bertz CT molecular complexity index is 407. The van der Waals surface area contributed by atoms with Crippen LogP contribution in [0.4, 0.5) is 5.69 Å². The Morgan fingerprint density at radius 2 is 2.00 bits per heavy atom. The Morgan fingerprint density at radius 1 is 1.20 bits per heavy atom. The summed E-state index contributed by atoms with van der Waals surface area (Å²) >= 11 is 0. The van der Waals surface area contributed by atoms with E-state index in [1.165, 1.54) is 17.7 Å². The number of anilines is 1. The van der Waals surface area contributed by atoms with Crippen molar-refractivity contribution in [3.05, 3.63) is 23.8 Å². The van der Waals surface area contributed by atoms with Crippen LogP contribution in [0.5, 0.6) is 5.75 Å². The molecule has 0 aromatic heterocycles. The largest absolute Gasteiger partial charge is 0.488 e. The molecule has 3 nitrogen and oxygen atoms in total. The maximum Gasteiger partial charge on any atom is 0.143 e. The van der Waals surface area contributed by atoms with Crippen molar-refractivity contribution >= 4 is 5.69 Å². The van der Waals surface area contributed by atoms with Crippen molar-refractivity contribution in [2.75, 3.05) is 31.1 Å². The van der Waals surface area contributed by atoms with Crippen LogP contribution in [0.2, 0.25) is 0 Å². The standard InChI is InChI=1S/C17H28N2O/c1-4-15(5-2)20-17-8-7-14(3)13-16(17)19-11-6-9-18-10-12-19/h7-8,13,15,18H,4-6,9-12H2,1-3H3. The predicted octanol–water partition coefficient (Wildman–Crippen LogP) is 3.36. The summed E-state index contributed by atoms with van der Waals surface area (Å²) in [5.41, 5.74) is 2.56. The van der Waals surface area contributed by atoms with Gasteiger partial charge in [-0.25, -0.2) is 0 Å². The minimum absolute atomic E-state index is 0.321. The SMILES string of the molecule is CCC(CC)Oc1ccc(C)cc1N1CCCNCC1. The highest BCUT2D eigenvalue weighted by Crippen LogP contribution is 2.31. The van der Waals surface area contributed by atoms with Crippen molar-refractivity contribution in [1.29, 1.82) is 0 Å². The molecule has 0 aliphatic carbocycles. The summed E-state index contributed by atoms with van der Waals surface area (Å²) in [5, 5.41) is 3.46. The molecule has 1 aliphatic rings. The molecule has 0 spiro atoms. The number of nitrogens with one attached hydrogen (secondary N) is 1. The number of nitrogens with zero attached hydrogens (tertiary/aromatic N) is 1. The molecule has 1 heterocycles. The predicted molar refractivity (Wildman–Crippen MR) is 85.9 cm³/mol. The molecule has 1 N–H and O–H groups in total. The number of rotatable bonds is 5. The lowest BCUT2D eigenvalue weighted by Gasteiger charge is -2.27. The van der Waals surface area contributed by atoms with Gasteiger partial charge in [-0.3, -0.25) is 0 Å².